The Labute approximate surface area is 333 Å². The van der Waals surface area contributed by atoms with Crippen molar-refractivity contribution in [2.75, 3.05) is 13.2 Å². The monoisotopic (exact) mass is 757 g/mol. The average molecular weight is 757 g/mol. The number of carbonyl (C=O) groups excluding carboxylic acids is 3. The van der Waals surface area contributed by atoms with Gasteiger partial charge in [-0.2, -0.15) is 0 Å². The van der Waals surface area contributed by atoms with Crippen molar-refractivity contribution < 1.29 is 28.6 Å². The third kappa shape index (κ3) is 40.6. The molecule has 0 aromatic heterocycles. The van der Waals surface area contributed by atoms with Gasteiger partial charge in [0.05, 0.1) is 0 Å². The highest BCUT2D eigenvalue weighted by molar-refractivity contribution is 5.71. The summed E-state index contributed by atoms with van der Waals surface area (Å²) in [6.07, 6.45) is 49.5. The molecule has 0 radical (unpaired) electrons. The van der Waals surface area contributed by atoms with Crippen LogP contribution in [0, 0.1) is 0 Å². The second-order valence-electron chi connectivity index (χ2n) is 15.0. The Morgan fingerprint density at radius 3 is 1.11 bits per heavy atom. The SMILES string of the molecule is CCCC/C=C\C/C=C\CCCCCCCC(=O)OC(COC(=O)CCCCCCC/C=C\C/C=C\CCCCC)COC(=O)CCCCCCCCC. The van der Waals surface area contributed by atoms with E-state index in [1.807, 2.05) is 0 Å². The first-order chi connectivity index (χ1) is 26.5. The standard InChI is InChI=1S/C48H84O6/c1-4-7-10-13-16-18-20-22-24-26-27-29-32-35-38-41-47(50)53-44-45(43-52-46(49)40-37-34-31-15-12-9-6-3)54-48(51)42-39-36-33-30-28-25-23-21-19-17-14-11-8-5-2/h14,16-18,21-24,45H,4-13,15,19-20,25-44H2,1-3H3/b17-14-,18-16-,23-21-,24-22-. The quantitative estimate of drug-likeness (QED) is 0.0268. The zero-order valence-electron chi connectivity index (χ0n) is 35.5. The lowest BCUT2D eigenvalue weighted by molar-refractivity contribution is -0.167. The number of rotatable bonds is 40. The Bertz CT molecular complexity index is 964. The van der Waals surface area contributed by atoms with Crippen LogP contribution in [0.5, 0.6) is 0 Å². The highest BCUT2D eigenvalue weighted by Crippen LogP contribution is 2.13. The van der Waals surface area contributed by atoms with E-state index in [4.69, 9.17) is 14.2 Å². The predicted molar refractivity (Wildman–Crippen MR) is 229 cm³/mol. The van der Waals surface area contributed by atoms with Crippen molar-refractivity contribution in [3.8, 4) is 0 Å². The lowest BCUT2D eigenvalue weighted by Crippen LogP contribution is -2.30. The Morgan fingerprint density at radius 2 is 0.685 bits per heavy atom. The Balaban J connectivity index is 4.36. The number of hydrogen-bond donors (Lipinski definition) is 0. The zero-order chi connectivity index (χ0) is 39.4. The lowest BCUT2D eigenvalue weighted by atomic mass is 10.1. The van der Waals surface area contributed by atoms with E-state index in [-0.39, 0.29) is 31.1 Å². The van der Waals surface area contributed by atoms with Crippen LogP contribution >= 0.6 is 0 Å². The van der Waals surface area contributed by atoms with E-state index < -0.39 is 6.10 Å². The van der Waals surface area contributed by atoms with Gasteiger partial charge in [-0.1, -0.05) is 172 Å². The van der Waals surface area contributed by atoms with Gasteiger partial charge in [-0.15, -0.1) is 0 Å². The van der Waals surface area contributed by atoms with Gasteiger partial charge < -0.3 is 14.2 Å². The summed E-state index contributed by atoms with van der Waals surface area (Å²) in [5.74, 6) is -0.920. The average Bonchev–Trinajstić information content (AvgIpc) is 3.17. The Hall–Kier alpha value is -2.63. The molecule has 0 amide bonds. The summed E-state index contributed by atoms with van der Waals surface area (Å²) in [4.78, 5) is 37.6. The number of carbonyl (C=O) groups is 3. The van der Waals surface area contributed by atoms with Gasteiger partial charge in [0.1, 0.15) is 13.2 Å². The molecule has 0 fully saturated rings. The molecule has 0 N–H and O–H groups in total. The highest BCUT2D eigenvalue weighted by Gasteiger charge is 2.19. The third-order valence-electron chi connectivity index (χ3n) is 9.56. The molecule has 0 aliphatic rings. The van der Waals surface area contributed by atoms with Crippen molar-refractivity contribution in [3.63, 3.8) is 0 Å². The summed E-state index contributed by atoms with van der Waals surface area (Å²) in [6.45, 7) is 6.49. The molecular weight excluding hydrogens is 673 g/mol. The molecule has 0 saturated carbocycles. The fraction of sp³-hybridized carbons (Fsp3) is 0.771. The van der Waals surface area contributed by atoms with Crippen LogP contribution in [0.2, 0.25) is 0 Å². The molecule has 0 aromatic carbocycles. The van der Waals surface area contributed by atoms with Gasteiger partial charge in [0.25, 0.3) is 0 Å². The molecule has 54 heavy (non-hydrogen) atoms. The number of ether oxygens (including phenoxy) is 3. The van der Waals surface area contributed by atoms with Gasteiger partial charge in [-0.05, 0) is 77.0 Å². The summed E-state index contributed by atoms with van der Waals surface area (Å²) in [7, 11) is 0. The van der Waals surface area contributed by atoms with Crippen molar-refractivity contribution in [3.05, 3.63) is 48.6 Å². The largest absolute Gasteiger partial charge is 0.462 e. The number of unbranched alkanes of at least 4 members (excludes halogenated alkanes) is 21. The van der Waals surface area contributed by atoms with Crippen LogP contribution in [0.3, 0.4) is 0 Å². The normalized spacial score (nSPS) is 12.4. The van der Waals surface area contributed by atoms with Crippen LogP contribution in [0.4, 0.5) is 0 Å². The van der Waals surface area contributed by atoms with Crippen LogP contribution < -0.4 is 0 Å². The molecule has 0 heterocycles. The van der Waals surface area contributed by atoms with Gasteiger partial charge >= 0.3 is 17.9 Å². The maximum Gasteiger partial charge on any atom is 0.306 e. The van der Waals surface area contributed by atoms with Crippen molar-refractivity contribution in [2.45, 2.75) is 226 Å². The molecule has 0 aromatic rings. The summed E-state index contributed by atoms with van der Waals surface area (Å²) in [6, 6.07) is 0. The van der Waals surface area contributed by atoms with E-state index in [0.717, 1.165) is 103 Å². The molecule has 0 aliphatic heterocycles. The molecule has 6 heteroatoms. The second-order valence-corrected chi connectivity index (χ2v) is 15.0. The van der Waals surface area contributed by atoms with Crippen molar-refractivity contribution >= 4 is 17.9 Å². The van der Waals surface area contributed by atoms with Crippen molar-refractivity contribution in [2.24, 2.45) is 0 Å². The highest BCUT2D eigenvalue weighted by atomic mass is 16.6. The predicted octanol–water partition coefficient (Wildman–Crippen LogP) is 14.4. The van der Waals surface area contributed by atoms with Gasteiger partial charge in [0, 0.05) is 19.3 Å². The minimum atomic E-state index is -0.780. The maximum absolute atomic E-state index is 12.7. The molecule has 0 aliphatic carbocycles. The van der Waals surface area contributed by atoms with Gasteiger partial charge in [-0.3, -0.25) is 14.4 Å². The molecule has 1 atom stereocenters. The summed E-state index contributed by atoms with van der Waals surface area (Å²) < 4.78 is 16.6. The molecule has 0 saturated heterocycles. The van der Waals surface area contributed by atoms with Crippen molar-refractivity contribution in [1.82, 2.24) is 0 Å². The van der Waals surface area contributed by atoms with E-state index in [0.29, 0.717) is 19.3 Å². The lowest BCUT2D eigenvalue weighted by Gasteiger charge is -2.18. The first-order valence-electron chi connectivity index (χ1n) is 22.6. The van der Waals surface area contributed by atoms with E-state index in [1.54, 1.807) is 0 Å². The minimum absolute atomic E-state index is 0.0832. The first kappa shape index (κ1) is 51.4. The molecule has 6 nitrogen and oxygen atoms in total. The van der Waals surface area contributed by atoms with Gasteiger partial charge in [0.2, 0.25) is 0 Å². The second kappa shape index (κ2) is 43.1. The van der Waals surface area contributed by atoms with Crippen LogP contribution in [-0.4, -0.2) is 37.2 Å². The molecule has 0 bridgehead atoms. The minimum Gasteiger partial charge on any atom is -0.462 e. The summed E-state index contributed by atoms with van der Waals surface area (Å²) >= 11 is 0. The van der Waals surface area contributed by atoms with Crippen LogP contribution in [0.1, 0.15) is 220 Å². The number of esters is 3. The molecule has 1 unspecified atom stereocenters. The van der Waals surface area contributed by atoms with Crippen LogP contribution in [0.15, 0.2) is 48.6 Å². The maximum atomic E-state index is 12.7. The van der Waals surface area contributed by atoms with E-state index in [9.17, 15) is 14.4 Å². The van der Waals surface area contributed by atoms with E-state index in [1.165, 1.54) is 77.0 Å². The molecule has 312 valence electrons. The first-order valence-corrected chi connectivity index (χ1v) is 22.6. The smallest absolute Gasteiger partial charge is 0.306 e. The number of allylic oxidation sites excluding steroid dienone is 8. The molecular formula is C48H84O6. The topological polar surface area (TPSA) is 78.9 Å². The Morgan fingerprint density at radius 1 is 0.370 bits per heavy atom. The third-order valence-corrected chi connectivity index (χ3v) is 9.56. The fourth-order valence-corrected chi connectivity index (χ4v) is 6.07. The summed E-state index contributed by atoms with van der Waals surface area (Å²) in [5.41, 5.74) is 0. The zero-order valence-corrected chi connectivity index (χ0v) is 35.5. The number of hydrogen-bond acceptors (Lipinski definition) is 6. The van der Waals surface area contributed by atoms with Gasteiger partial charge in [-0.25, -0.2) is 0 Å². The van der Waals surface area contributed by atoms with E-state index in [2.05, 4.69) is 69.4 Å². The molecule has 0 spiro atoms. The van der Waals surface area contributed by atoms with Gasteiger partial charge in [0.15, 0.2) is 6.10 Å². The van der Waals surface area contributed by atoms with Crippen molar-refractivity contribution in [1.29, 1.82) is 0 Å². The van der Waals surface area contributed by atoms with E-state index >= 15 is 0 Å². The van der Waals surface area contributed by atoms with Crippen LogP contribution in [0.25, 0.3) is 0 Å². The Kier molecular flexibility index (Phi) is 41.0. The summed E-state index contributed by atoms with van der Waals surface area (Å²) in [5, 5.41) is 0. The van der Waals surface area contributed by atoms with Crippen LogP contribution in [-0.2, 0) is 28.6 Å². The fourth-order valence-electron chi connectivity index (χ4n) is 6.07. The molecule has 0 rings (SSSR count).